The normalized spacial score (nSPS) is 23.4. The summed E-state index contributed by atoms with van der Waals surface area (Å²) in [5.74, 6) is -0.228. The van der Waals surface area contributed by atoms with E-state index in [2.05, 4.69) is 23.4 Å². The van der Waals surface area contributed by atoms with Crippen molar-refractivity contribution in [3.63, 3.8) is 0 Å². The zero-order valence-corrected chi connectivity index (χ0v) is 45.7. The van der Waals surface area contributed by atoms with Crippen molar-refractivity contribution in [2.24, 2.45) is 0 Å². The molecule has 0 fully saturated rings. The fraction of sp³-hybridized carbons (Fsp3) is 0.132. The van der Waals surface area contributed by atoms with Gasteiger partial charge in [-0.1, -0.05) is 227 Å². The Morgan fingerprint density at radius 2 is 1.20 bits per heavy atom. The van der Waals surface area contributed by atoms with Crippen molar-refractivity contribution in [1.29, 1.82) is 0 Å². The molecule has 0 N–H and O–H groups in total. The third kappa shape index (κ3) is 9.20. The molecular formula is C76H62N4OPtSi-2. The van der Waals surface area contributed by atoms with Gasteiger partial charge in [0.05, 0.1) is 46.9 Å². The molecule has 3 aromatic heterocycles. The molecule has 0 aliphatic heterocycles. The maximum atomic E-state index is 11.0. The molecule has 1 aliphatic carbocycles. The summed E-state index contributed by atoms with van der Waals surface area (Å²) in [7, 11) is -6.74. The molecule has 3 heterocycles. The first-order valence-corrected chi connectivity index (χ1v) is 26.8. The minimum absolute atomic E-state index is 0. The van der Waals surface area contributed by atoms with Crippen LogP contribution in [0.5, 0.6) is 11.5 Å². The van der Waals surface area contributed by atoms with Crippen LogP contribution in [0, 0.1) is 32.2 Å². The Kier molecular flexibility index (Phi) is 6.03. The van der Waals surface area contributed by atoms with Gasteiger partial charge in [0, 0.05) is 74.4 Å². The number of nitrogens with zero attached hydrogens (tertiary/aromatic N) is 4. The number of benzene rings is 10. The molecule has 83 heavy (non-hydrogen) atoms. The number of aryl methyl sites for hydroxylation is 2. The van der Waals surface area contributed by atoms with Crippen molar-refractivity contribution < 1.29 is 90.7 Å². The van der Waals surface area contributed by atoms with Gasteiger partial charge in [-0.05, 0) is 126 Å². The molecule has 7 heteroatoms. The molecule has 10 aromatic carbocycles. The third-order valence-corrected chi connectivity index (χ3v) is 17.9. The zero-order valence-electron chi connectivity index (χ0n) is 86.4. The molecule has 0 atom stereocenters. The molecule has 408 valence electrons. The van der Waals surface area contributed by atoms with Crippen molar-refractivity contribution in [2.75, 3.05) is 0 Å². The van der Waals surface area contributed by atoms with Crippen LogP contribution < -0.4 is 30.1 Å². The fourth-order valence-electron chi connectivity index (χ4n) is 10.2. The summed E-state index contributed by atoms with van der Waals surface area (Å²) >= 11 is 0. The van der Waals surface area contributed by atoms with E-state index in [4.69, 9.17) is 25.3 Å². The average Bonchev–Trinajstić information content (AvgIpc) is 1.02. The molecule has 0 amide bonds. The van der Waals surface area contributed by atoms with Gasteiger partial charge in [0.1, 0.15) is 5.82 Å². The Bertz CT molecular complexity index is 6570. The number of hydrogen-bond acceptors (Lipinski definition) is 2. The Labute approximate surface area is 564 Å². The summed E-state index contributed by atoms with van der Waals surface area (Å²) in [6.07, 6.45) is -5.66. The minimum atomic E-state index is -6.74. The maximum absolute atomic E-state index is 11.0. The Morgan fingerprint density at radius 1 is 0.578 bits per heavy atom. The minimum Gasteiger partial charge on any atom is -0.510 e. The average molecular weight is 1310 g/mol. The first kappa shape index (κ1) is 23.5. The number of fused-ring (bicyclic) bond motifs is 5. The molecule has 0 saturated heterocycles. The molecule has 0 saturated carbocycles. The van der Waals surface area contributed by atoms with Gasteiger partial charge >= 0.3 is 0 Å². The summed E-state index contributed by atoms with van der Waals surface area (Å²) in [4.78, 5) is 4.43. The second-order valence-corrected chi connectivity index (χ2v) is 22.2. The van der Waals surface area contributed by atoms with Gasteiger partial charge in [0.25, 0.3) is 6.33 Å². The molecule has 0 spiro atoms. The van der Waals surface area contributed by atoms with Crippen LogP contribution in [0.4, 0.5) is 0 Å². The number of imidazole rings is 1. The predicted molar refractivity (Wildman–Crippen MR) is 339 cm³/mol. The first-order valence-electron chi connectivity index (χ1n) is 46.8. The monoisotopic (exact) mass is 1310 g/mol. The number of ether oxygens (including phenoxy) is 1. The summed E-state index contributed by atoms with van der Waals surface area (Å²) in [5, 5.41) is -4.04. The molecule has 5 nitrogen and oxygen atoms in total. The van der Waals surface area contributed by atoms with Crippen molar-refractivity contribution in [3.05, 3.63) is 283 Å². The molecule has 1 aliphatic rings. The standard InChI is InChI=1S/C76H62N4OSi.Pt/c1-52-45-73(77-50-53(52)2)80-69-36-17-16-33-65(69)66-41-40-58(49-72(66)80)81-57-25-21-24-56(48-57)78-51-79(71-38-19-18-37-70(71)78)74-63(34-22-35-64(74)55-39-42-67-68(47-55)76(5,6)44-43-75(67,3)4)54-23-20-32-62(46-54)82(59-26-10-7-11-27-59,60-28-12-8-13-29-60)61-30-14-9-15-31-61;/h7-42,45-47,50H,43-44H2,1-6H3;/q-2;/i1D3,2D3,3D3,4D3,5D3,6D3,7D,8D,9D,10D,11D,12D,13D,14D,15D,20D,23D,26D,27D,28D,29D,30D,31D,32D,39D,42D,43D2,44D2,46D,47D;. The number of para-hydroxylation sites is 4. The second kappa shape index (κ2) is 21.3. The Balaban J connectivity index is 0.0000138. The van der Waals surface area contributed by atoms with E-state index in [1.54, 1.807) is 30.3 Å². The zero-order chi connectivity index (χ0) is 93.5. The van der Waals surface area contributed by atoms with Crippen molar-refractivity contribution >= 4 is 61.7 Å². The van der Waals surface area contributed by atoms with E-state index in [1.807, 2.05) is 0 Å². The van der Waals surface area contributed by atoms with Gasteiger partial charge in [-0.25, -0.2) is 4.98 Å². The Morgan fingerprint density at radius 3 is 1.90 bits per heavy atom. The van der Waals surface area contributed by atoms with Gasteiger partial charge in [-0.2, -0.15) is 18.2 Å². The summed E-state index contributed by atoms with van der Waals surface area (Å²) in [5.41, 5.74) is -18.8. The van der Waals surface area contributed by atoms with Crippen LogP contribution in [0.25, 0.3) is 72.3 Å². The van der Waals surface area contributed by atoms with E-state index in [9.17, 15) is 39.8 Å². The topological polar surface area (TPSA) is 35.9 Å². The molecule has 13 aromatic rings. The van der Waals surface area contributed by atoms with E-state index in [1.165, 1.54) is 57.7 Å². The van der Waals surface area contributed by atoms with Crippen LogP contribution in [0.3, 0.4) is 0 Å². The number of aromatic nitrogens is 4. The summed E-state index contributed by atoms with van der Waals surface area (Å²) in [6.45, 7) is -24.2. The number of rotatable bonds is 11. The number of pyridine rings is 1. The quantitative estimate of drug-likeness (QED) is 0.0560. The molecule has 0 unspecified atom stereocenters. The van der Waals surface area contributed by atoms with Crippen LogP contribution in [-0.2, 0) is 31.9 Å². The van der Waals surface area contributed by atoms with Crippen LogP contribution in [0.15, 0.2) is 242 Å². The van der Waals surface area contributed by atoms with Crippen LogP contribution >= 0.6 is 0 Å². The largest absolute Gasteiger partial charge is 0.510 e. The SMILES string of the molecule is [2H]c1c([2H])c([2H])c([Si](c2c([2H])c([2H])c([2H])c([2H])c2[2H])(c2c([2H])c([2H])c([2H])c([2H])c2[2H])c2c([2H])c([2H])c([2H])c(-c3cccc(-c4c([2H])c([2H])c5c(c4[2H])C(C([2H])([2H])[2H])(C([2H])([2H])[2H])C([2H])([2H])C([2H])([2H])C5(C([2H])([2H])[2H])C([2H])([2H])[2H])c3-[n+]3[c-]n(-c4[c-]c(Oc5[c-]c6c(cc5)c5ccccc5n6-c5cc(C([2H])([2H])[2H])c(C([2H])([2H])[2H])cn5)ccc4)c4ccccc43)c2[2H])c([2H])c1[2H].[Pt]. The fourth-order valence-corrected chi connectivity index (χ4v) is 13.8. The van der Waals surface area contributed by atoms with Crippen molar-refractivity contribution in [3.8, 4) is 50.9 Å². The molecular weight excluding hydrogens is 1210 g/mol. The Hall–Kier alpha value is -8.67. The van der Waals surface area contributed by atoms with Gasteiger partial charge < -0.3 is 13.9 Å². The van der Waals surface area contributed by atoms with Gasteiger partial charge in [0.2, 0.25) is 0 Å². The van der Waals surface area contributed by atoms with Crippen LogP contribution in [-0.4, -0.2) is 22.2 Å². The van der Waals surface area contributed by atoms with Crippen molar-refractivity contribution in [2.45, 2.75) is 64.7 Å². The van der Waals surface area contributed by atoms with E-state index in [0.717, 1.165) is 35.0 Å². The summed E-state index contributed by atoms with van der Waals surface area (Å²) < 4.78 is 420. The van der Waals surface area contributed by atoms with Crippen LogP contribution in [0.1, 0.15) is 123 Å². The molecule has 14 rings (SSSR count). The van der Waals surface area contributed by atoms with Gasteiger partial charge in [-0.3, -0.25) is 4.57 Å². The van der Waals surface area contributed by atoms with Gasteiger partial charge in [0.15, 0.2) is 8.07 Å². The van der Waals surface area contributed by atoms with E-state index in [0.29, 0.717) is 16.3 Å². The smallest absolute Gasteiger partial charge is 0.268 e. The van der Waals surface area contributed by atoms with Gasteiger partial charge in [-0.15, -0.1) is 29.7 Å². The maximum Gasteiger partial charge on any atom is 0.268 e. The predicted octanol–water partition coefficient (Wildman–Crippen LogP) is 15.3. The van der Waals surface area contributed by atoms with Crippen LogP contribution in [0.2, 0.25) is 0 Å². The molecule has 0 radical (unpaired) electrons. The second-order valence-electron chi connectivity index (χ2n) is 18.7. The van der Waals surface area contributed by atoms with E-state index in [-0.39, 0.29) is 60.6 Å². The molecule has 0 bridgehead atoms. The van der Waals surface area contributed by atoms with E-state index < -0.39 is 277 Å². The number of hydrogen-bond donors (Lipinski definition) is 0. The van der Waals surface area contributed by atoms with Crippen molar-refractivity contribution in [1.82, 2.24) is 14.1 Å². The summed E-state index contributed by atoms with van der Waals surface area (Å²) in [6, 6.07) is -0.508. The third-order valence-electron chi connectivity index (χ3n) is 13.9. The first-order chi connectivity index (χ1) is 58.1. The van der Waals surface area contributed by atoms with E-state index >= 15 is 0 Å².